The molecule has 1 unspecified atom stereocenters. The third-order valence-electron chi connectivity index (χ3n) is 3.10. The number of carbonyl (C=O) groups excluding carboxylic acids is 3. The molecular formula is C16H30N2O5. The average Bonchev–Trinajstić information content (AvgIpc) is 2.42. The maximum Gasteiger partial charge on any atom is 0.408 e. The summed E-state index contributed by atoms with van der Waals surface area (Å²) >= 11 is 0. The summed E-state index contributed by atoms with van der Waals surface area (Å²) < 4.78 is 9.98. The summed E-state index contributed by atoms with van der Waals surface area (Å²) in [5, 5.41) is 5.24. The zero-order valence-corrected chi connectivity index (χ0v) is 15.0. The molecule has 2 atom stereocenters. The van der Waals surface area contributed by atoms with E-state index in [2.05, 4.69) is 10.6 Å². The Bertz CT molecular complexity index is 404. The van der Waals surface area contributed by atoms with Gasteiger partial charge >= 0.3 is 12.1 Å². The van der Waals surface area contributed by atoms with Gasteiger partial charge in [0.15, 0.2) is 0 Å². The molecule has 0 spiro atoms. The zero-order chi connectivity index (χ0) is 18.0. The van der Waals surface area contributed by atoms with Crippen molar-refractivity contribution in [1.29, 1.82) is 0 Å². The number of alkyl carbamates (subject to hydrolysis) is 1. The highest BCUT2D eigenvalue weighted by atomic mass is 16.6. The van der Waals surface area contributed by atoms with Gasteiger partial charge in [-0.25, -0.2) is 4.79 Å². The van der Waals surface area contributed by atoms with Gasteiger partial charge in [0.05, 0.1) is 13.0 Å². The average molecular weight is 330 g/mol. The Kier molecular flexibility index (Phi) is 9.29. The smallest absolute Gasteiger partial charge is 0.408 e. The molecular weight excluding hydrogens is 300 g/mol. The Morgan fingerprint density at radius 3 is 2.22 bits per heavy atom. The monoisotopic (exact) mass is 330 g/mol. The van der Waals surface area contributed by atoms with Crippen LogP contribution in [-0.2, 0) is 19.1 Å². The van der Waals surface area contributed by atoms with Gasteiger partial charge in [-0.3, -0.25) is 9.59 Å². The van der Waals surface area contributed by atoms with Crippen LogP contribution in [0.3, 0.4) is 0 Å². The molecule has 0 saturated carbocycles. The molecule has 0 rings (SSSR count). The summed E-state index contributed by atoms with van der Waals surface area (Å²) in [4.78, 5) is 35.4. The number of carbonyl (C=O) groups is 3. The van der Waals surface area contributed by atoms with Crippen molar-refractivity contribution in [1.82, 2.24) is 10.6 Å². The van der Waals surface area contributed by atoms with Gasteiger partial charge in [0.2, 0.25) is 5.91 Å². The lowest BCUT2D eigenvalue weighted by Gasteiger charge is -2.26. The fraction of sp³-hybridized carbons (Fsp3) is 0.812. The van der Waals surface area contributed by atoms with Crippen molar-refractivity contribution in [3.8, 4) is 0 Å². The van der Waals surface area contributed by atoms with Crippen LogP contribution in [0, 0.1) is 5.92 Å². The number of ether oxygens (including phenoxy) is 2. The number of amides is 2. The lowest BCUT2D eigenvalue weighted by atomic mass is 9.98. The summed E-state index contributed by atoms with van der Waals surface area (Å²) in [7, 11) is 0. The molecule has 0 bridgehead atoms. The Hall–Kier alpha value is -1.79. The van der Waals surface area contributed by atoms with Crippen molar-refractivity contribution < 1.29 is 23.9 Å². The number of rotatable bonds is 8. The van der Waals surface area contributed by atoms with Crippen molar-refractivity contribution in [2.75, 3.05) is 13.2 Å². The van der Waals surface area contributed by atoms with Crippen LogP contribution in [0.5, 0.6) is 0 Å². The van der Waals surface area contributed by atoms with Crippen molar-refractivity contribution >= 4 is 18.0 Å². The molecule has 0 aromatic carbocycles. The maximum absolute atomic E-state index is 12.3. The fourth-order valence-corrected chi connectivity index (χ4v) is 1.77. The van der Waals surface area contributed by atoms with Crippen molar-refractivity contribution in [2.24, 2.45) is 5.92 Å². The van der Waals surface area contributed by atoms with Gasteiger partial charge in [0.25, 0.3) is 0 Å². The molecule has 0 radical (unpaired) electrons. The maximum atomic E-state index is 12.3. The van der Waals surface area contributed by atoms with E-state index in [4.69, 9.17) is 9.47 Å². The van der Waals surface area contributed by atoms with E-state index in [1.165, 1.54) is 0 Å². The number of esters is 1. The Morgan fingerprint density at radius 2 is 1.74 bits per heavy atom. The van der Waals surface area contributed by atoms with E-state index in [0.29, 0.717) is 13.0 Å². The molecule has 0 heterocycles. The normalized spacial score (nSPS) is 13.7. The molecule has 134 valence electrons. The summed E-state index contributed by atoms with van der Waals surface area (Å²) in [6, 6.07) is -0.711. The Balaban J connectivity index is 4.56. The first-order chi connectivity index (χ1) is 10.6. The van der Waals surface area contributed by atoms with Crippen molar-refractivity contribution in [3.05, 3.63) is 0 Å². The first-order valence-corrected chi connectivity index (χ1v) is 8.03. The van der Waals surface area contributed by atoms with Crippen LogP contribution in [-0.4, -0.2) is 42.8 Å². The standard InChI is InChI=1S/C16H30N2O5/c1-7-11(3)13(18-15(21)23-16(4,5)6)14(20)17-10-9-12(19)22-8-2/h11,13H,7-10H2,1-6H3,(H,17,20)(H,18,21)/t11?,13-/m1/s1. The Morgan fingerprint density at radius 1 is 1.13 bits per heavy atom. The third-order valence-corrected chi connectivity index (χ3v) is 3.10. The fourth-order valence-electron chi connectivity index (χ4n) is 1.77. The second-order valence-electron chi connectivity index (χ2n) is 6.36. The molecule has 0 aliphatic carbocycles. The van der Waals surface area contributed by atoms with E-state index in [-0.39, 0.29) is 30.8 Å². The highest BCUT2D eigenvalue weighted by Gasteiger charge is 2.28. The van der Waals surface area contributed by atoms with Crippen LogP contribution in [0.1, 0.15) is 54.4 Å². The van der Waals surface area contributed by atoms with Crippen molar-refractivity contribution in [3.63, 3.8) is 0 Å². The van der Waals surface area contributed by atoms with Gasteiger partial charge in [-0.2, -0.15) is 0 Å². The second-order valence-corrected chi connectivity index (χ2v) is 6.36. The first-order valence-electron chi connectivity index (χ1n) is 8.03. The van der Waals surface area contributed by atoms with Gasteiger partial charge in [-0.05, 0) is 33.6 Å². The molecule has 0 aliphatic rings. The van der Waals surface area contributed by atoms with Gasteiger partial charge in [0, 0.05) is 6.54 Å². The molecule has 0 aliphatic heterocycles. The molecule has 0 aromatic rings. The van der Waals surface area contributed by atoms with Crippen molar-refractivity contribution in [2.45, 2.75) is 66.0 Å². The van der Waals surface area contributed by atoms with E-state index in [0.717, 1.165) is 0 Å². The lowest BCUT2D eigenvalue weighted by molar-refractivity contribution is -0.143. The van der Waals surface area contributed by atoms with Crippen LogP contribution in [0.2, 0.25) is 0 Å². The largest absolute Gasteiger partial charge is 0.466 e. The van der Waals surface area contributed by atoms with Gasteiger partial charge in [0.1, 0.15) is 11.6 Å². The first kappa shape index (κ1) is 21.2. The summed E-state index contributed by atoms with van der Waals surface area (Å²) in [5.41, 5.74) is -0.634. The number of nitrogens with one attached hydrogen (secondary N) is 2. The lowest BCUT2D eigenvalue weighted by Crippen LogP contribution is -2.51. The minimum absolute atomic E-state index is 0.0647. The summed E-state index contributed by atoms with van der Waals surface area (Å²) in [6.07, 6.45) is 0.175. The molecule has 2 N–H and O–H groups in total. The van der Waals surface area contributed by atoms with Gasteiger partial charge in [-0.1, -0.05) is 20.3 Å². The van der Waals surface area contributed by atoms with E-state index in [1.807, 2.05) is 13.8 Å². The van der Waals surface area contributed by atoms with Crippen LogP contribution >= 0.6 is 0 Å². The van der Waals surface area contributed by atoms with E-state index in [1.54, 1.807) is 27.7 Å². The van der Waals surface area contributed by atoms with E-state index < -0.39 is 17.7 Å². The summed E-state index contributed by atoms with van der Waals surface area (Å²) in [6.45, 7) is 11.3. The Labute approximate surface area is 138 Å². The molecule has 7 heteroatoms. The topological polar surface area (TPSA) is 93.7 Å². The van der Waals surface area contributed by atoms with E-state index in [9.17, 15) is 14.4 Å². The minimum atomic E-state index is -0.711. The SMILES string of the molecule is CCOC(=O)CCNC(=O)[C@H](NC(=O)OC(C)(C)C)C(C)CC. The van der Waals surface area contributed by atoms with Crippen LogP contribution < -0.4 is 10.6 Å². The predicted molar refractivity (Wildman–Crippen MR) is 86.9 cm³/mol. The predicted octanol–water partition coefficient (Wildman–Crippen LogP) is 2.00. The molecule has 2 amide bonds. The third kappa shape index (κ3) is 9.76. The molecule has 0 saturated heterocycles. The molecule has 7 nitrogen and oxygen atoms in total. The quantitative estimate of drug-likeness (QED) is 0.664. The summed E-state index contributed by atoms with van der Waals surface area (Å²) in [5.74, 6) is -0.771. The minimum Gasteiger partial charge on any atom is -0.466 e. The highest BCUT2D eigenvalue weighted by molar-refractivity contribution is 5.86. The molecule has 0 fully saturated rings. The molecule has 23 heavy (non-hydrogen) atoms. The number of hydrogen-bond donors (Lipinski definition) is 2. The van der Waals surface area contributed by atoms with Gasteiger partial charge in [-0.15, -0.1) is 0 Å². The molecule has 0 aromatic heterocycles. The van der Waals surface area contributed by atoms with Crippen LogP contribution in [0.15, 0.2) is 0 Å². The number of hydrogen-bond acceptors (Lipinski definition) is 5. The highest BCUT2D eigenvalue weighted by Crippen LogP contribution is 2.11. The van der Waals surface area contributed by atoms with Crippen LogP contribution in [0.4, 0.5) is 4.79 Å². The second kappa shape index (κ2) is 10.1. The zero-order valence-electron chi connectivity index (χ0n) is 15.0. The van der Waals surface area contributed by atoms with Gasteiger partial charge < -0.3 is 20.1 Å². The van der Waals surface area contributed by atoms with Crippen LogP contribution in [0.25, 0.3) is 0 Å². The van der Waals surface area contributed by atoms with E-state index >= 15 is 0 Å².